The molecule has 0 aliphatic carbocycles. The number of rotatable bonds is 1. The van der Waals surface area contributed by atoms with Crippen molar-refractivity contribution >= 4 is 17.4 Å². The molecule has 0 atom stereocenters. The molecule has 1 fully saturated rings. The van der Waals surface area contributed by atoms with Gasteiger partial charge in [0, 0.05) is 24.8 Å². The SMILES string of the molecule is Nc1ccc2c(c1)CN(C1CCSCC1)C2. The largest absolute Gasteiger partial charge is 0.399 e. The van der Waals surface area contributed by atoms with Gasteiger partial charge in [-0.1, -0.05) is 6.07 Å². The lowest BCUT2D eigenvalue weighted by molar-refractivity contribution is 0.188. The predicted octanol–water partition coefficient (Wildman–Crippen LogP) is 2.48. The van der Waals surface area contributed by atoms with E-state index in [-0.39, 0.29) is 0 Å². The monoisotopic (exact) mass is 234 g/mol. The molecule has 0 aromatic heterocycles. The highest BCUT2D eigenvalue weighted by Gasteiger charge is 2.26. The normalized spacial score (nSPS) is 22.2. The van der Waals surface area contributed by atoms with Crippen LogP contribution in [0.1, 0.15) is 24.0 Å². The topological polar surface area (TPSA) is 29.3 Å². The van der Waals surface area contributed by atoms with Crippen LogP contribution in [-0.2, 0) is 13.1 Å². The maximum absolute atomic E-state index is 5.83. The first-order valence-corrected chi connectivity index (χ1v) is 7.17. The van der Waals surface area contributed by atoms with Gasteiger partial charge in [0.25, 0.3) is 0 Å². The Kier molecular flexibility index (Phi) is 2.82. The molecular weight excluding hydrogens is 216 g/mol. The molecule has 2 aliphatic heterocycles. The summed E-state index contributed by atoms with van der Waals surface area (Å²) in [5.74, 6) is 2.67. The lowest BCUT2D eigenvalue weighted by atomic mass is 10.1. The zero-order valence-corrected chi connectivity index (χ0v) is 10.3. The van der Waals surface area contributed by atoms with Crippen molar-refractivity contribution in [3.05, 3.63) is 29.3 Å². The molecular formula is C13H18N2S. The summed E-state index contributed by atoms with van der Waals surface area (Å²) in [5, 5.41) is 0. The molecule has 0 radical (unpaired) electrons. The van der Waals surface area contributed by atoms with E-state index in [2.05, 4.69) is 28.8 Å². The van der Waals surface area contributed by atoms with Crippen molar-refractivity contribution in [2.45, 2.75) is 32.0 Å². The maximum Gasteiger partial charge on any atom is 0.0317 e. The molecule has 3 rings (SSSR count). The quantitative estimate of drug-likeness (QED) is 0.757. The minimum absolute atomic E-state index is 0.801. The number of anilines is 1. The first-order chi connectivity index (χ1) is 7.83. The number of nitrogens with two attached hydrogens (primary N) is 1. The summed E-state index contributed by atoms with van der Waals surface area (Å²) in [6.45, 7) is 2.24. The van der Waals surface area contributed by atoms with Crippen LogP contribution in [0.25, 0.3) is 0 Å². The van der Waals surface area contributed by atoms with E-state index in [0.717, 1.165) is 24.8 Å². The van der Waals surface area contributed by atoms with Crippen LogP contribution in [0.3, 0.4) is 0 Å². The van der Waals surface area contributed by atoms with Gasteiger partial charge in [-0.15, -0.1) is 0 Å². The van der Waals surface area contributed by atoms with Gasteiger partial charge in [-0.3, -0.25) is 4.90 Å². The molecule has 3 heteroatoms. The summed E-state index contributed by atoms with van der Waals surface area (Å²) in [4.78, 5) is 2.63. The fourth-order valence-electron chi connectivity index (χ4n) is 2.75. The Morgan fingerprint density at radius 1 is 1.12 bits per heavy atom. The van der Waals surface area contributed by atoms with Gasteiger partial charge in [0.1, 0.15) is 0 Å². The van der Waals surface area contributed by atoms with Gasteiger partial charge < -0.3 is 5.73 Å². The van der Waals surface area contributed by atoms with Crippen molar-refractivity contribution in [1.82, 2.24) is 4.90 Å². The van der Waals surface area contributed by atoms with Gasteiger partial charge in [-0.25, -0.2) is 0 Å². The summed E-state index contributed by atoms with van der Waals surface area (Å²) in [6.07, 6.45) is 2.71. The van der Waals surface area contributed by atoms with Gasteiger partial charge in [-0.2, -0.15) is 11.8 Å². The second-order valence-electron chi connectivity index (χ2n) is 4.78. The molecule has 1 aromatic carbocycles. The number of nitrogens with zero attached hydrogens (tertiary/aromatic N) is 1. The van der Waals surface area contributed by atoms with Crippen molar-refractivity contribution < 1.29 is 0 Å². The van der Waals surface area contributed by atoms with E-state index < -0.39 is 0 Å². The highest BCUT2D eigenvalue weighted by Crippen LogP contribution is 2.30. The molecule has 0 spiro atoms. The van der Waals surface area contributed by atoms with E-state index >= 15 is 0 Å². The van der Waals surface area contributed by atoms with Crippen molar-refractivity contribution in [2.75, 3.05) is 17.2 Å². The number of thioether (sulfide) groups is 1. The van der Waals surface area contributed by atoms with E-state index in [1.807, 2.05) is 6.07 Å². The Balaban J connectivity index is 1.74. The molecule has 2 nitrogen and oxygen atoms in total. The third-order valence-electron chi connectivity index (χ3n) is 3.68. The van der Waals surface area contributed by atoms with Crippen LogP contribution in [0.2, 0.25) is 0 Å². The van der Waals surface area contributed by atoms with E-state index in [0.29, 0.717) is 0 Å². The average Bonchev–Trinajstić information content (AvgIpc) is 2.73. The third-order valence-corrected chi connectivity index (χ3v) is 4.73. The fraction of sp³-hybridized carbons (Fsp3) is 0.538. The van der Waals surface area contributed by atoms with Gasteiger partial charge in [0.05, 0.1) is 0 Å². The van der Waals surface area contributed by atoms with Gasteiger partial charge >= 0.3 is 0 Å². The van der Waals surface area contributed by atoms with Crippen LogP contribution >= 0.6 is 11.8 Å². The summed E-state index contributed by atoms with van der Waals surface area (Å²) in [6, 6.07) is 7.17. The summed E-state index contributed by atoms with van der Waals surface area (Å²) < 4.78 is 0. The molecule has 0 amide bonds. The first-order valence-electron chi connectivity index (χ1n) is 6.02. The molecule has 2 aliphatic rings. The van der Waals surface area contributed by atoms with E-state index in [4.69, 9.17) is 5.73 Å². The van der Waals surface area contributed by atoms with Crippen LogP contribution < -0.4 is 5.73 Å². The number of fused-ring (bicyclic) bond motifs is 1. The molecule has 86 valence electrons. The third kappa shape index (κ3) is 1.94. The maximum atomic E-state index is 5.83. The Morgan fingerprint density at radius 2 is 1.88 bits per heavy atom. The van der Waals surface area contributed by atoms with E-state index in [1.165, 1.54) is 35.5 Å². The standard InChI is InChI=1S/C13H18N2S/c14-12-2-1-10-8-15(9-11(10)7-12)13-3-5-16-6-4-13/h1-2,7,13H,3-6,8-9,14H2. The Hall–Kier alpha value is -0.670. The second-order valence-corrected chi connectivity index (χ2v) is 6.00. The highest BCUT2D eigenvalue weighted by atomic mass is 32.2. The predicted molar refractivity (Wildman–Crippen MR) is 70.4 cm³/mol. The molecule has 1 aromatic rings. The lowest BCUT2D eigenvalue weighted by Crippen LogP contribution is -2.33. The molecule has 0 unspecified atom stereocenters. The highest BCUT2D eigenvalue weighted by molar-refractivity contribution is 7.99. The molecule has 0 bridgehead atoms. The van der Waals surface area contributed by atoms with Crippen LogP contribution in [0.15, 0.2) is 18.2 Å². The minimum atomic E-state index is 0.801. The average molecular weight is 234 g/mol. The van der Waals surface area contributed by atoms with Crippen molar-refractivity contribution in [3.63, 3.8) is 0 Å². The molecule has 1 saturated heterocycles. The van der Waals surface area contributed by atoms with Crippen LogP contribution in [0.4, 0.5) is 5.69 Å². The number of benzene rings is 1. The molecule has 0 saturated carbocycles. The van der Waals surface area contributed by atoms with Crippen molar-refractivity contribution in [3.8, 4) is 0 Å². The first kappa shape index (κ1) is 10.5. The summed E-state index contributed by atoms with van der Waals surface area (Å²) >= 11 is 2.10. The smallest absolute Gasteiger partial charge is 0.0317 e. The number of hydrogen-bond acceptors (Lipinski definition) is 3. The van der Waals surface area contributed by atoms with Crippen molar-refractivity contribution in [1.29, 1.82) is 0 Å². The van der Waals surface area contributed by atoms with E-state index in [9.17, 15) is 0 Å². The van der Waals surface area contributed by atoms with E-state index in [1.54, 1.807) is 0 Å². The van der Waals surface area contributed by atoms with Crippen LogP contribution in [-0.4, -0.2) is 22.4 Å². The van der Waals surface area contributed by atoms with Gasteiger partial charge in [0.15, 0.2) is 0 Å². The zero-order chi connectivity index (χ0) is 11.0. The fourth-order valence-corrected chi connectivity index (χ4v) is 3.83. The minimum Gasteiger partial charge on any atom is -0.399 e. The van der Waals surface area contributed by atoms with Crippen LogP contribution in [0, 0.1) is 0 Å². The summed E-state index contributed by atoms with van der Waals surface area (Å²) in [5.41, 5.74) is 9.66. The molecule has 2 N–H and O–H groups in total. The van der Waals surface area contributed by atoms with Crippen LogP contribution in [0.5, 0.6) is 0 Å². The molecule has 2 heterocycles. The second kappa shape index (κ2) is 4.30. The van der Waals surface area contributed by atoms with Gasteiger partial charge in [0.2, 0.25) is 0 Å². The lowest BCUT2D eigenvalue weighted by Gasteiger charge is -2.30. The Labute approximate surface area is 101 Å². The number of nitrogen functional groups attached to an aromatic ring is 1. The molecule has 16 heavy (non-hydrogen) atoms. The Bertz CT molecular complexity index is 386. The number of hydrogen-bond donors (Lipinski definition) is 1. The summed E-state index contributed by atoms with van der Waals surface area (Å²) in [7, 11) is 0. The Morgan fingerprint density at radius 3 is 2.69 bits per heavy atom. The van der Waals surface area contributed by atoms with Gasteiger partial charge in [-0.05, 0) is 47.6 Å². The zero-order valence-electron chi connectivity index (χ0n) is 9.48. The van der Waals surface area contributed by atoms with Crippen molar-refractivity contribution in [2.24, 2.45) is 0 Å².